The number of aliphatic imine (C=N–C) groups is 1. The molecule has 1 amide bonds. The van der Waals surface area contributed by atoms with Gasteiger partial charge in [-0.3, -0.25) is 4.79 Å². The smallest absolute Gasteiger partial charge is 0.244 e. The number of carbonyl (C=O) groups excluding carboxylic acids is 1. The predicted octanol–water partition coefficient (Wildman–Crippen LogP) is 2.69. The van der Waals surface area contributed by atoms with E-state index < -0.39 is 0 Å². The molecule has 176 valence electrons. The van der Waals surface area contributed by atoms with E-state index in [2.05, 4.69) is 46.0 Å². The van der Waals surface area contributed by atoms with Crippen LogP contribution in [0.5, 0.6) is 0 Å². The zero-order valence-corrected chi connectivity index (χ0v) is 21.3. The lowest BCUT2D eigenvalue weighted by Crippen LogP contribution is -2.42. The lowest BCUT2D eigenvalue weighted by Gasteiger charge is -2.32. The number of ether oxygens (including phenoxy) is 2. The highest BCUT2D eigenvalue weighted by atomic mass is 127. The molecule has 1 aromatic rings. The minimum Gasteiger partial charge on any atom is -0.382 e. The van der Waals surface area contributed by atoms with Crippen molar-refractivity contribution in [2.24, 2.45) is 10.9 Å². The first-order valence-corrected chi connectivity index (χ1v) is 11.1. The largest absolute Gasteiger partial charge is 0.382 e. The minimum atomic E-state index is 0. The monoisotopic (exact) mass is 546 g/mol. The Morgan fingerprint density at radius 2 is 1.87 bits per heavy atom. The number of carbonyl (C=O) groups is 1. The van der Waals surface area contributed by atoms with Crippen molar-refractivity contribution in [1.29, 1.82) is 0 Å². The SMILES string of the molecule is CCNC(=NCC(=O)N1CCC(Cc2ccccc2)CC1)NCCCOCCOC.I. The fourth-order valence-corrected chi connectivity index (χ4v) is 3.55. The summed E-state index contributed by atoms with van der Waals surface area (Å²) in [6.07, 6.45) is 4.10. The summed E-state index contributed by atoms with van der Waals surface area (Å²) in [4.78, 5) is 19.0. The maximum atomic E-state index is 12.6. The summed E-state index contributed by atoms with van der Waals surface area (Å²) in [7, 11) is 1.67. The van der Waals surface area contributed by atoms with E-state index in [0.29, 0.717) is 31.7 Å². The summed E-state index contributed by atoms with van der Waals surface area (Å²) < 4.78 is 10.4. The van der Waals surface area contributed by atoms with Crippen molar-refractivity contribution in [2.45, 2.75) is 32.6 Å². The van der Waals surface area contributed by atoms with Crippen molar-refractivity contribution in [2.75, 3.05) is 59.7 Å². The number of piperidine rings is 1. The molecule has 0 bridgehead atoms. The van der Waals surface area contributed by atoms with Crippen LogP contribution >= 0.6 is 24.0 Å². The molecule has 2 rings (SSSR count). The standard InChI is InChI=1S/C23H38N4O3.HI/c1-3-24-23(25-12-7-15-30-17-16-29-2)26-19-22(28)27-13-10-21(11-14-27)18-20-8-5-4-6-9-20;/h4-6,8-9,21H,3,7,10-19H2,1-2H3,(H2,24,25,26);1H. The number of hydrogen-bond donors (Lipinski definition) is 2. The Morgan fingerprint density at radius 1 is 1.13 bits per heavy atom. The van der Waals surface area contributed by atoms with Crippen molar-refractivity contribution in [3.63, 3.8) is 0 Å². The molecule has 0 aliphatic carbocycles. The molecule has 1 heterocycles. The fraction of sp³-hybridized carbons (Fsp3) is 0.652. The van der Waals surface area contributed by atoms with Crippen LogP contribution in [0.4, 0.5) is 0 Å². The molecule has 0 aromatic heterocycles. The lowest BCUT2D eigenvalue weighted by molar-refractivity contribution is -0.130. The van der Waals surface area contributed by atoms with E-state index in [9.17, 15) is 4.79 Å². The number of rotatable bonds is 12. The summed E-state index contributed by atoms with van der Waals surface area (Å²) in [5.74, 6) is 1.44. The topological polar surface area (TPSA) is 75.2 Å². The molecular formula is C23H39IN4O3. The van der Waals surface area contributed by atoms with Crippen molar-refractivity contribution in [1.82, 2.24) is 15.5 Å². The molecule has 1 aliphatic rings. The molecule has 1 aliphatic heterocycles. The van der Waals surface area contributed by atoms with Gasteiger partial charge in [0.25, 0.3) is 0 Å². The van der Waals surface area contributed by atoms with E-state index in [0.717, 1.165) is 51.9 Å². The molecule has 0 spiro atoms. The van der Waals surface area contributed by atoms with Crippen molar-refractivity contribution in [3.05, 3.63) is 35.9 Å². The molecule has 7 nitrogen and oxygen atoms in total. The zero-order valence-electron chi connectivity index (χ0n) is 19.0. The Bertz CT molecular complexity index is 623. The van der Waals surface area contributed by atoms with Gasteiger partial charge in [0.15, 0.2) is 5.96 Å². The van der Waals surface area contributed by atoms with Crippen LogP contribution in [0, 0.1) is 5.92 Å². The molecule has 8 heteroatoms. The van der Waals surface area contributed by atoms with Crippen molar-refractivity contribution >= 4 is 35.8 Å². The Kier molecular flexibility index (Phi) is 15.3. The first-order valence-electron chi connectivity index (χ1n) is 11.1. The molecule has 0 radical (unpaired) electrons. The average molecular weight is 546 g/mol. The summed E-state index contributed by atoms with van der Waals surface area (Å²) in [5, 5.41) is 6.45. The van der Waals surface area contributed by atoms with Crippen LogP contribution in [0.15, 0.2) is 35.3 Å². The molecule has 0 saturated carbocycles. The van der Waals surface area contributed by atoms with Gasteiger partial charge < -0.3 is 25.0 Å². The highest BCUT2D eigenvalue weighted by Gasteiger charge is 2.22. The number of likely N-dealkylation sites (tertiary alicyclic amines) is 1. The number of hydrogen-bond acceptors (Lipinski definition) is 4. The van der Waals surface area contributed by atoms with Gasteiger partial charge in [-0.25, -0.2) is 4.99 Å². The molecule has 0 atom stereocenters. The van der Waals surface area contributed by atoms with Crippen LogP contribution in [0.1, 0.15) is 31.7 Å². The zero-order chi connectivity index (χ0) is 21.4. The predicted molar refractivity (Wildman–Crippen MR) is 136 cm³/mol. The highest BCUT2D eigenvalue weighted by Crippen LogP contribution is 2.21. The van der Waals surface area contributed by atoms with E-state index in [4.69, 9.17) is 9.47 Å². The van der Waals surface area contributed by atoms with Crippen LogP contribution in [-0.4, -0.2) is 76.4 Å². The van der Waals surface area contributed by atoms with Crippen LogP contribution in [0.3, 0.4) is 0 Å². The van der Waals surface area contributed by atoms with Gasteiger partial charge in [-0.2, -0.15) is 0 Å². The number of methoxy groups -OCH3 is 1. The van der Waals surface area contributed by atoms with Gasteiger partial charge in [-0.05, 0) is 44.1 Å². The van der Waals surface area contributed by atoms with Gasteiger partial charge in [-0.1, -0.05) is 30.3 Å². The first kappa shape index (κ1) is 27.6. The molecule has 1 fully saturated rings. The van der Waals surface area contributed by atoms with Gasteiger partial charge in [0.2, 0.25) is 5.91 Å². The number of guanidine groups is 1. The van der Waals surface area contributed by atoms with E-state index in [-0.39, 0.29) is 36.4 Å². The van der Waals surface area contributed by atoms with Crippen LogP contribution in [0.2, 0.25) is 0 Å². The number of benzene rings is 1. The molecular weight excluding hydrogens is 507 g/mol. The second kappa shape index (κ2) is 17.2. The van der Waals surface area contributed by atoms with Gasteiger partial charge >= 0.3 is 0 Å². The van der Waals surface area contributed by atoms with E-state index in [1.807, 2.05) is 11.8 Å². The summed E-state index contributed by atoms with van der Waals surface area (Å²) >= 11 is 0. The highest BCUT2D eigenvalue weighted by molar-refractivity contribution is 14.0. The molecule has 0 unspecified atom stereocenters. The number of nitrogens with zero attached hydrogens (tertiary/aromatic N) is 2. The van der Waals surface area contributed by atoms with Gasteiger partial charge in [0, 0.05) is 39.9 Å². The lowest BCUT2D eigenvalue weighted by atomic mass is 9.90. The molecule has 1 saturated heterocycles. The molecule has 2 N–H and O–H groups in total. The van der Waals surface area contributed by atoms with E-state index >= 15 is 0 Å². The minimum absolute atomic E-state index is 0. The normalized spacial score (nSPS) is 14.8. The van der Waals surface area contributed by atoms with Gasteiger partial charge in [0.05, 0.1) is 13.2 Å². The quantitative estimate of drug-likeness (QED) is 0.183. The Hall–Kier alpha value is -1.39. The molecule has 31 heavy (non-hydrogen) atoms. The second-order valence-corrected chi connectivity index (χ2v) is 7.59. The maximum absolute atomic E-state index is 12.6. The van der Waals surface area contributed by atoms with Crippen LogP contribution in [-0.2, 0) is 20.7 Å². The number of nitrogens with one attached hydrogen (secondary N) is 2. The van der Waals surface area contributed by atoms with Gasteiger partial charge in [0.1, 0.15) is 6.54 Å². The molecule has 1 aromatic carbocycles. The first-order chi connectivity index (χ1) is 14.7. The third-order valence-corrected chi connectivity index (χ3v) is 5.24. The number of amides is 1. The Labute approximate surface area is 204 Å². The summed E-state index contributed by atoms with van der Waals surface area (Å²) in [6.45, 7) is 7.26. The van der Waals surface area contributed by atoms with E-state index in [1.165, 1.54) is 5.56 Å². The van der Waals surface area contributed by atoms with E-state index in [1.54, 1.807) is 7.11 Å². The third kappa shape index (κ3) is 11.7. The average Bonchev–Trinajstić information content (AvgIpc) is 2.77. The van der Waals surface area contributed by atoms with Crippen LogP contribution in [0.25, 0.3) is 0 Å². The Morgan fingerprint density at radius 3 is 2.55 bits per heavy atom. The van der Waals surface area contributed by atoms with Gasteiger partial charge in [-0.15, -0.1) is 24.0 Å². The number of halogens is 1. The fourth-order valence-electron chi connectivity index (χ4n) is 3.55. The van der Waals surface area contributed by atoms with Crippen molar-refractivity contribution in [3.8, 4) is 0 Å². The summed E-state index contributed by atoms with van der Waals surface area (Å²) in [6, 6.07) is 10.6. The van der Waals surface area contributed by atoms with Crippen LogP contribution < -0.4 is 10.6 Å². The Balaban J connectivity index is 0.00000480. The maximum Gasteiger partial charge on any atom is 0.244 e. The summed E-state index contributed by atoms with van der Waals surface area (Å²) in [5.41, 5.74) is 1.39. The third-order valence-electron chi connectivity index (χ3n) is 5.24. The van der Waals surface area contributed by atoms with Crippen molar-refractivity contribution < 1.29 is 14.3 Å². The second-order valence-electron chi connectivity index (χ2n) is 7.59.